The second-order valence-electron chi connectivity index (χ2n) is 5.20. The minimum absolute atomic E-state index is 0.165. The zero-order valence-corrected chi connectivity index (χ0v) is 15.1. The molecule has 0 unspecified atom stereocenters. The first-order chi connectivity index (χ1) is 12.6. The first kappa shape index (κ1) is 19.6. The summed E-state index contributed by atoms with van der Waals surface area (Å²) in [5.74, 6) is 1.23. The van der Waals surface area contributed by atoms with Crippen LogP contribution in [0.4, 0.5) is 0 Å². The number of benzene rings is 2. The number of carbonyl (C=O) groups excluding carboxylic acids is 2. The second-order valence-corrected chi connectivity index (χ2v) is 5.63. The number of nitrogens with one attached hydrogen (secondary N) is 1. The molecule has 0 aromatic heterocycles. The third-order valence-corrected chi connectivity index (χ3v) is 3.52. The number of hydrogen-bond donors (Lipinski definition) is 1. The molecule has 0 saturated heterocycles. The van der Waals surface area contributed by atoms with Crippen LogP contribution in [0.5, 0.6) is 17.2 Å². The zero-order chi connectivity index (χ0) is 18.8. The summed E-state index contributed by atoms with van der Waals surface area (Å²) in [7, 11) is 0. The van der Waals surface area contributed by atoms with Crippen molar-refractivity contribution in [1.82, 2.24) is 5.32 Å². The minimum atomic E-state index is -0.286. The van der Waals surface area contributed by atoms with E-state index < -0.39 is 0 Å². The highest BCUT2D eigenvalue weighted by Crippen LogP contribution is 2.27. The number of ether oxygens (including phenoxy) is 3. The van der Waals surface area contributed by atoms with Gasteiger partial charge in [-0.1, -0.05) is 11.6 Å². The molecule has 7 heteroatoms. The smallest absolute Gasteiger partial charge is 0.258 e. The van der Waals surface area contributed by atoms with Crippen LogP contribution in [0.2, 0.25) is 5.02 Å². The first-order valence-electron chi connectivity index (χ1n) is 8.12. The van der Waals surface area contributed by atoms with E-state index in [-0.39, 0.29) is 12.5 Å². The molecule has 2 aromatic rings. The van der Waals surface area contributed by atoms with Gasteiger partial charge in [0, 0.05) is 10.6 Å². The van der Waals surface area contributed by atoms with Gasteiger partial charge in [-0.2, -0.15) is 0 Å². The Hall–Kier alpha value is -2.73. The molecule has 2 rings (SSSR count). The van der Waals surface area contributed by atoms with Gasteiger partial charge in [0.2, 0.25) is 0 Å². The maximum Gasteiger partial charge on any atom is 0.258 e. The van der Waals surface area contributed by atoms with E-state index in [1.54, 1.807) is 42.5 Å². The Labute approximate surface area is 157 Å². The molecule has 0 aliphatic carbocycles. The summed E-state index contributed by atoms with van der Waals surface area (Å²) in [6.45, 7) is 2.75. The average molecular weight is 378 g/mol. The van der Waals surface area contributed by atoms with E-state index in [0.717, 1.165) is 6.29 Å². The van der Waals surface area contributed by atoms with E-state index in [2.05, 4.69) is 5.32 Å². The van der Waals surface area contributed by atoms with Gasteiger partial charge in [-0.05, 0) is 49.4 Å². The fraction of sp³-hybridized carbons (Fsp3) is 0.263. The van der Waals surface area contributed by atoms with Crippen LogP contribution in [0, 0.1) is 0 Å². The summed E-state index contributed by atoms with van der Waals surface area (Å²) in [6, 6.07) is 11.7. The highest BCUT2D eigenvalue weighted by Gasteiger charge is 2.09. The Balaban J connectivity index is 1.74. The Bertz CT molecular complexity index is 733. The normalized spacial score (nSPS) is 10.1. The van der Waals surface area contributed by atoms with Crippen LogP contribution in [0.25, 0.3) is 0 Å². The molecule has 0 fully saturated rings. The summed E-state index contributed by atoms with van der Waals surface area (Å²) < 4.78 is 16.4. The highest BCUT2D eigenvalue weighted by molar-refractivity contribution is 6.30. The second kappa shape index (κ2) is 10.3. The summed E-state index contributed by atoms with van der Waals surface area (Å²) in [4.78, 5) is 22.7. The van der Waals surface area contributed by atoms with Gasteiger partial charge in [-0.15, -0.1) is 0 Å². The SMILES string of the molecule is CCOc1cc(C=O)ccc1OCC(=O)NCCOc1ccc(Cl)cc1. The molecule has 26 heavy (non-hydrogen) atoms. The van der Waals surface area contributed by atoms with Crippen molar-refractivity contribution in [1.29, 1.82) is 0 Å². The number of rotatable bonds is 10. The van der Waals surface area contributed by atoms with Crippen molar-refractivity contribution in [2.75, 3.05) is 26.4 Å². The van der Waals surface area contributed by atoms with Crippen molar-refractivity contribution in [2.24, 2.45) is 0 Å². The molecule has 138 valence electrons. The molecular weight excluding hydrogens is 358 g/mol. The minimum Gasteiger partial charge on any atom is -0.492 e. The summed E-state index contributed by atoms with van der Waals surface area (Å²) in [5, 5.41) is 3.33. The van der Waals surface area contributed by atoms with Crippen LogP contribution in [0.15, 0.2) is 42.5 Å². The number of hydrogen-bond acceptors (Lipinski definition) is 5. The van der Waals surface area contributed by atoms with Crippen LogP contribution in [0.3, 0.4) is 0 Å². The molecule has 0 spiro atoms. The molecule has 0 bridgehead atoms. The standard InChI is InChI=1S/C19H20ClNO5/c1-2-24-18-11-14(12-22)3-8-17(18)26-13-19(23)21-9-10-25-16-6-4-15(20)5-7-16/h3-8,11-12H,2,9-10,13H2,1H3,(H,21,23). The molecule has 0 saturated carbocycles. The summed E-state index contributed by atoms with van der Waals surface area (Å²) >= 11 is 5.79. The maximum atomic E-state index is 11.9. The Morgan fingerprint density at radius 2 is 1.85 bits per heavy atom. The van der Waals surface area contributed by atoms with E-state index in [1.165, 1.54) is 0 Å². The third-order valence-electron chi connectivity index (χ3n) is 3.27. The Morgan fingerprint density at radius 1 is 1.08 bits per heavy atom. The predicted molar refractivity (Wildman–Crippen MR) is 98.5 cm³/mol. The molecule has 0 radical (unpaired) electrons. The third kappa shape index (κ3) is 6.29. The fourth-order valence-corrected chi connectivity index (χ4v) is 2.20. The quantitative estimate of drug-likeness (QED) is 0.508. The van der Waals surface area contributed by atoms with Crippen molar-refractivity contribution in [3.05, 3.63) is 53.1 Å². The van der Waals surface area contributed by atoms with Gasteiger partial charge < -0.3 is 19.5 Å². The van der Waals surface area contributed by atoms with Crippen molar-refractivity contribution in [3.8, 4) is 17.2 Å². The lowest BCUT2D eigenvalue weighted by Gasteiger charge is -2.12. The lowest BCUT2D eigenvalue weighted by atomic mass is 10.2. The van der Waals surface area contributed by atoms with E-state index in [4.69, 9.17) is 25.8 Å². The van der Waals surface area contributed by atoms with Gasteiger partial charge in [0.05, 0.1) is 13.2 Å². The van der Waals surface area contributed by atoms with Crippen molar-refractivity contribution in [2.45, 2.75) is 6.92 Å². The lowest BCUT2D eigenvalue weighted by Crippen LogP contribution is -2.32. The summed E-state index contributed by atoms with van der Waals surface area (Å²) in [6.07, 6.45) is 0.722. The van der Waals surface area contributed by atoms with Gasteiger partial charge >= 0.3 is 0 Å². The van der Waals surface area contributed by atoms with Gasteiger partial charge in [0.25, 0.3) is 5.91 Å². The number of carbonyl (C=O) groups is 2. The van der Waals surface area contributed by atoms with Crippen molar-refractivity contribution >= 4 is 23.8 Å². The first-order valence-corrected chi connectivity index (χ1v) is 8.50. The molecule has 1 amide bonds. The van der Waals surface area contributed by atoms with Crippen LogP contribution in [-0.4, -0.2) is 38.6 Å². The van der Waals surface area contributed by atoms with Crippen molar-refractivity contribution < 1.29 is 23.8 Å². The number of aldehydes is 1. The lowest BCUT2D eigenvalue weighted by molar-refractivity contribution is -0.123. The van der Waals surface area contributed by atoms with Gasteiger partial charge in [0.15, 0.2) is 18.1 Å². The van der Waals surface area contributed by atoms with Gasteiger partial charge in [-0.3, -0.25) is 9.59 Å². The Kier molecular flexibility index (Phi) is 7.76. The molecule has 0 heterocycles. The average Bonchev–Trinajstić information content (AvgIpc) is 2.65. The molecule has 0 atom stereocenters. The van der Waals surface area contributed by atoms with E-state index >= 15 is 0 Å². The van der Waals surface area contributed by atoms with Gasteiger partial charge in [-0.25, -0.2) is 0 Å². The maximum absolute atomic E-state index is 11.9. The number of amides is 1. The van der Waals surface area contributed by atoms with Gasteiger partial charge in [0.1, 0.15) is 18.6 Å². The highest BCUT2D eigenvalue weighted by atomic mass is 35.5. The topological polar surface area (TPSA) is 73.9 Å². The Morgan fingerprint density at radius 3 is 2.54 bits per heavy atom. The van der Waals surface area contributed by atoms with E-state index in [1.807, 2.05) is 6.92 Å². The fourth-order valence-electron chi connectivity index (χ4n) is 2.07. The number of halogens is 1. The largest absolute Gasteiger partial charge is 0.492 e. The molecule has 6 nitrogen and oxygen atoms in total. The molecule has 0 aliphatic heterocycles. The monoisotopic (exact) mass is 377 g/mol. The zero-order valence-electron chi connectivity index (χ0n) is 14.4. The molecule has 2 aromatic carbocycles. The van der Waals surface area contributed by atoms with Crippen LogP contribution in [-0.2, 0) is 4.79 Å². The van der Waals surface area contributed by atoms with Crippen molar-refractivity contribution in [3.63, 3.8) is 0 Å². The van der Waals surface area contributed by atoms with E-state index in [0.29, 0.717) is 47.6 Å². The molecule has 0 aliphatic rings. The van der Waals surface area contributed by atoms with Crippen LogP contribution >= 0.6 is 11.6 Å². The molecule has 1 N–H and O–H groups in total. The van der Waals surface area contributed by atoms with E-state index in [9.17, 15) is 9.59 Å². The van der Waals surface area contributed by atoms with Crippen LogP contribution in [0.1, 0.15) is 17.3 Å². The van der Waals surface area contributed by atoms with Crippen LogP contribution < -0.4 is 19.5 Å². The predicted octanol–water partition coefficient (Wildman–Crippen LogP) is 3.13. The summed E-state index contributed by atoms with van der Waals surface area (Å²) in [5.41, 5.74) is 0.476. The molecular formula is C19H20ClNO5.